The van der Waals surface area contributed by atoms with Crippen LogP contribution in [-0.4, -0.2) is 8.07 Å². The van der Waals surface area contributed by atoms with Crippen molar-refractivity contribution >= 4 is 45.6 Å². The van der Waals surface area contributed by atoms with Crippen molar-refractivity contribution in [2.24, 2.45) is 7.05 Å². The molecule has 6 rings (SSSR count). The summed E-state index contributed by atoms with van der Waals surface area (Å²) in [4.78, 5) is 0. The summed E-state index contributed by atoms with van der Waals surface area (Å²) < 4.78 is 8.89. The van der Waals surface area contributed by atoms with Crippen molar-refractivity contribution in [3.63, 3.8) is 0 Å². The second-order valence-electron chi connectivity index (χ2n) is 9.79. The van der Waals surface area contributed by atoms with Crippen LogP contribution in [0.2, 0.25) is 19.6 Å². The number of aromatic nitrogens is 1. The number of nitrogens with zero attached hydrogens (tertiary/aromatic N) is 1. The van der Waals surface area contributed by atoms with Gasteiger partial charge in [-0.15, -0.1) is 0 Å². The first kappa shape index (κ1) is 18.6. The van der Waals surface area contributed by atoms with Gasteiger partial charge in [0.15, 0.2) is 6.20 Å². The third kappa shape index (κ3) is 2.53. The Labute approximate surface area is 183 Å². The minimum absolute atomic E-state index is 0.951. The monoisotopic (exact) mass is 420 g/mol. The molecule has 2 nitrogen and oxygen atoms in total. The Balaban J connectivity index is 1.83. The van der Waals surface area contributed by atoms with Gasteiger partial charge in [0.05, 0.1) is 19.0 Å². The van der Waals surface area contributed by atoms with Gasteiger partial charge in [0.1, 0.15) is 18.5 Å². The molecule has 152 valence electrons. The molecular weight excluding hydrogens is 394 g/mol. The van der Waals surface area contributed by atoms with E-state index < -0.39 is 8.07 Å². The van der Waals surface area contributed by atoms with Crippen LogP contribution >= 0.6 is 0 Å². The third-order valence-electron chi connectivity index (χ3n) is 6.76. The van der Waals surface area contributed by atoms with Gasteiger partial charge in [-0.1, -0.05) is 67.3 Å². The van der Waals surface area contributed by atoms with Gasteiger partial charge in [-0.05, 0) is 46.2 Å². The Morgan fingerprint density at radius 2 is 1.52 bits per heavy atom. The van der Waals surface area contributed by atoms with E-state index in [0.29, 0.717) is 0 Å². The Morgan fingerprint density at radius 1 is 0.774 bits per heavy atom. The van der Waals surface area contributed by atoms with Gasteiger partial charge in [0, 0.05) is 11.5 Å². The van der Waals surface area contributed by atoms with Gasteiger partial charge < -0.3 is 4.74 Å². The Bertz CT molecular complexity index is 1560. The molecule has 2 heterocycles. The molecule has 4 aromatic carbocycles. The Hall–Kier alpha value is -3.17. The molecule has 1 aliphatic heterocycles. The number of rotatable bonds is 1. The maximum absolute atomic E-state index is 6.63. The van der Waals surface area contributed by atoms with Gasteiger partial charge >= 0.3 is 0 Å². The topological polar surface area (TPSA) is 13.1 Å². The molecule has 0 radical (unpaired) electrons. The van der Waals surface area contributed by atoms with Crippen LogP contribution in [0.3, 0.4) is 0 Å². The number of aryl methyl sites for hydroxylation is 2. The lowest BCUT2D eigenvalue weighted by Crippen LogP contribution is -2.38. The zero-order chi connectivity index (χ0) is 21.5. The van der Waals surface area contributed by atoms with E-state index in [1.165, 1.54) is 54.3 Å². The number of pyridine rings is 1. The summed E-state index contributed by atoms with van der Waals surface area (Å²) in [5.74, 6) is 1.91. The summed E-state index contributed by atoms with van der Waals surface area (Å²) in [6.45, 7) is 9.51. The molecule has 0 bridgehead atoms. The predicted octanol–water partition coefficient (Wildman–Crippen LogP) is 6.60. The van der Waals surface area contributed by atoms with Crippen LogP contribution in [0.25, 0.3) is 43.6 Å². The lowest BCUT2D eigenvalue weighted by molar-refractivity contribution is -0.659. The SMILES string of the molecule is Cc1c2c(cc3ccccc13)Oc1cc3cccc([Si](C)(C)C)c3c3cc[n+](C)c-2c13. The van der Waals surface area contributed by atoms with Crippen LogP contribution in [0.15, 0.2) is 66.9 Å². The first-order chi connectivity index (χ1) is 14.8. The lowest BCUT2D eigenvalue weighted by Gasteiger charge is -2.25. The number of ether oxygens (including phenoxy) is 1. The van der Waals surface area contributed by atoms with Gasteiger partial charge in [-0.25, -0.2) is 4.57 Å². The summed E-state index contributed by atoms with van der Waals surface area (Å²) >= 11 is 0. The molecule has 0 unspecified atom stereocenters. The molecule has 0 amide bonds. The fourth-order valence-electron chi connectivity index (χ4n) is 5.31. The molecule has 1 aliphatic rings. The van der Waals surface area contributed by atoms with Crippen LogP contribution in [0, 0.1) is 6.92 Å². The van der Waals surface area contributed by atoms with Gasteiger partial charge in [0.25, 0.3) is 0 Å². The van der Waals surface area contributed by atoms with E-state index in [1.54, 1.807) is 0 Å². The lowest BCUT2D eigenvalue weighted by atomic mass is 9.90. The van der Waals surface area contributed by atoms with E-state index in [1.807, 2.05) is 0 Å². The Kier molecular flexibility index (Phi) is 3.70. The fourth-order valence-corrected chi connectivity index (χ4v) is 6.93. The highest BCUT2D eigenvalue weighted by atomic mass is 28.3. The van der Waals surface area contributed by atoms with E-state index >= 15 is 0 Å². The quantitative estimate of drug-likeness (QED) is 0.166. The molecule has 0 spiro atoms. The molecular formula is C28H26NOSi+. The fraction of sp³-hybridized carbons (Fsp3) is 0.179. The maximum atomic E-state index is 6.63. The van der Waals surface area contributed by atoms with Gasteiger partial charge in [-0.2, -0.15) is 0 Å². The second kappa shape index (κ2) is 6.18. The smallest absolute Gasteiger partial charge is 0.228 e. The predicted molar refractivity (Wildman–Crippen MR) is 133 cm³/mol. The van der Waals surface area contributed by atoms with Gasteiger partial charge in [-0.3, -0.25) is 0 Å². The zero-order valence-electron chi connectivity index (χ0n) is 18.7. The van der Waals surface area contributed by atoms with Crippen LogP contribution < -0.4 is 14.5 Å². The number of hydrogen-bond acceptors (Lipinski definition) is 1. The summed E-state index contributed by atoms with van der Waals surface area (Å²) in [5, 5.41) is 9.21. The average Bonchev–Trinajstić information content (AvgIpc) is 2.74. The highest BCUT2D eigenvalue weighted by Crippen LogP contribution is 2.49. The summed E-state index contributed by atoms with van der Waals surface area (Å²) in [6, 6.07) is 22.1. The Morgan fingerprint density at radius 3 is 2.32 bits per heavy atom. The minimum Gasteiger partial charge on any atom is -0.456 e. The molecule has 1 aromatic heterocycles. The number of fused-ring (bicyclic) bond motifs is 5. The van der Waals surface area contributed by atoms with Crippen LogP contribution in [0.5, 0.6) is 11.5 Å². The van der Waals surface area contributed by atoms with E-state index in [0.717, 1.165) is 11.5 Å². The molecule has 0 aliphatic carbocycles. The van der Waals surface area contributed by atoms with E-state index in [-0.39, 0.29) is 0 Å². The molecule has 0 N–H and O–H groups in total. The van der Waals surface area contributed by atoms with Crippen molar-refractivity contribution in [1.82, 2.24) is 0 Å². The normalized spacial score (nSPS) is 12.9. The summed E-state index contributed by atoms with van der Waals surface area (Å²) in [7, 11) is 0.628. The zero-order valence-corrected chi connectivity index (χ0v) is 19.7. The standard InChI is InChI=1S/C28H26NOSi/c1-17-20-11-7-6-9-18(20)15-22-25(17)28-27-21(13-14-29(28)2)26-19(16-23(27)30-22)10-8-12-24(26)31(3,4)5/h6-16H,1-5H3/q+1. The minimum atomic E-state index is -1.52. The first-order valence-corrected chi connectivity index (χ1v) is 14.4. The first-order valence-electron chi connectivity index (χ1n) is 10.9. The number of benzene rings is 4. The molecule has 31 heavy (non-hydrogen) atoms. The van der Waals surface area contributed by atoms with Crippen molar-refractivity contribution < 1.29 is 9.30 Å². The van der Waals surface area contributed by atoms with Crippen molar-refractivity contribution in [2.75, 3.05) is 0 Å². The average molecular weight is 421 g/mol. The van der Waals surface area contributed by atoms with Crippen molar-refractivity contribution in [3.05, 3.63) is 72.4 Å². The molecule has 0 atom stereocenters. The second-order valence-corrected chi connectivity index (χ2v) is 14.8. The third-order valence-corrected chi connectivity index (χ3v) is 8.79. The molecule has 0 saturated heterocycles. The number of hydrogen-bond donors (Lipinski definition) is 0. The summed E-state index contributed by atoms with van der Waals surface area (Å²) in [6.07, 6.45) is 2.21. The van der Waals surface area contributed by atoms with Crippen LogP contribution in [0.1, 0.15) is 5.56 Å². The van der Waals surface area contributed by atoms with E-state index in [4.69, 9.17) is 4.74 Å². The van der Waals surface area contributed by atoms with Crippen LogP contribution in [-0.2, 0) is 7.05 Å². The molecule has 3 heteroatoms. The van der Waals surface area contributed by atoms with Crippen molar-refractivity contribution in [3.8, 4) is 22.8 Å². The van der Waals surface area contributed by atoms with Crippen molar-refractivity contribution in [2.45, 2.75) is 26.6 Å². The largest absolute Gasteiger partial charge is 0.456 e. The summed E-state index contributed by atoms with van der Waals surface area (Å²) in [5.41, 5.74) is 3.74. The van der Waals surface area contributed by atoms with Crippen molar-refractivity contribution in [1.29, 1.82) is 0 Å². The van der Waals surface area contributed by atoms with Gasteiger partial charge in [0.2, 0.25) is 5.69 Å². The van der Waals surface area contributed by atoms with Crippen LogP contribution in [0.4, 0.5) is 0 Å². The molecule has 0 saturated carbocycles. The maximum Gasteiger partial charge on any atom is 0.228 e. The molecule has 5 aromatic rings. The highest BCUT2D eigenvalue weighted by Gasteiger charge is 2.32. The highest BCUT2D eigenvalue weighted by molar-refractivity contribution is 6.90. The van der Waals surface area contributed by atoms with E-state index in [9.17, 15) is 0 Å². The molecule has 0 fully saturated rings. The van der Waals surface area contributed by atoms with E-state index in [2.05, 4.69) is 105 Å².